The standard InChI is InChI=1S/C13H14N2O/c1-9-3-4-13(14)12(5-9)10-6-11(16-2)8-15-7-10/h3-8H,14H2,1-2H3. The maximum atomic E-state index is 5.94. The number of aromatic nitrogens is 1. The van der Waals surface area contributed by atoms with Crippen molar-refractivity contribution in [2.45, 2.75) is 6.92 Å². The molecule has 3 heteroatoms. The lowest BCUT2D eigenvalue weighted by atomic mass is 10.0. The van der Waals surface area contributed by atoms with Gasteiger partial charge in [0.1, 0.15) is 5.75 Å². The number of pyridine rings is 1. The molecule has 2 N–H and O–H groups in total. The second-order valence-corrected chi connectivity index (χ2v) is 3.70. The molecule has 1 aromatic carbocycles. The molecule has 0 saturated heterocycles. The Hall–Kier alpha value is -2.03. The number of ether oxygens (including phenoxy) is 1. The van der Waals surface area contributed by atoms with Gasteiger partial charge in [-0.2, -0.15) is 0 Å². The number of nitrogen functional groups attached to an aromatic ring is 1. The van der Waals surface area contributed by atoms with Gasteiger partial charge in [0.2, 0.25) is 0 Å². The van der Waals surface area contributed by atoms with Crippen molar-refractivity contribution in [2.75, 3.05) is 12.8 Å². The first kappa shape index (κ1) is 10.5. The van der Waals surface area contributed by atoms with Crippen LogP contribution in [0.25, 0.3) is 11.1 Å². The Bertz CT molecular complexity index is 509. The molecule has 0 amide bonds. The highest BCUT2D eigenvalue weighted by Gasteiger charge is 2.04. The SMILES string of the molecule is COc1cncc(-c2cc(C)ccc2N)c1. The molecule has 82 valence electrons. The van der Waals surface area contributed by atoms with Crippen LogP contribution in [0.15, 0.2) is 36.7 Å². The molecular weight excluding hydrogens is 200 g/mol. The molecule has 0 saturated carbocycles. The first-order chi connectivity index (χ1) is 7.70. The minimum Gasteiger partial charge on any atom is -0.495 e. The molecule has 0 aliphatic heterocycles. The Morgan fingerprint density at radius 2 is 2.00 bits per heavy atom. The number of hydrogen-bond acceptors (Lipinski definition) is 3. The predicted molar refractivity (Wildman–Crippen MR) is 65.4 cm³/mol. The normalized spacial score (nSPS) is 10.1. The van der Waals surface area contributed by atoms with Crippen LogP contribution in [0.1, 0.15) is 5.56 Å². The van der Waals surface area contributed by atoms with Crippen LogP contribution in [0.4, 0.5) is 5.69 Å². The topological polar surface area (TPSA) is 48.1 Å². The molecule has 0 atom stereocenters. The molecule has 0 radical (unpaired) electrons. The summed E-state index contributed by atoms with van der Waals surface area (Å²) in [5.74, 6) is 0.735. The minimum atomic E-state index is 0.735. The van der Waals surface area contributed by atoms with E-state index in [9.17, 15) is 0 Å². The largest absolute Gasteiger partial charge is 0.495 e. The molecular formula is C13H14N2O. The van der Waals surface area contributed by atoms with Crippen molar-refractivity contribution in [3.63, 3.8) is 0 Å². The summed E-state index contributed by atoms with van der Waals surface area (Å²) in [4.78, 5) is 4.12. The van der Waals surface area contributed by atoms with Crippen molar-refractivity contribution in [1.82, 2.24) is 4.98 Å². The number of nitrogens with two attached hydrogens (primary N) is 1. The summed E-state index contributed by atoms with van der Waals surface area (Å²) >= 11 is 0. The van der Waals surface area contributed by atoms with Crippen molar-refractivity contribution >= 4 is 5.69 Å². The van der Waals surface area contributed by atoms with Crippen molar-refractivity contribution < 1.29 is 4.74 Å². The molecule has 1 heterocycles. The third kappa shape index (κ3) is 1.98. The Morgan fingerprint density at radius 1 is 1.19 bits per heavy atom. The monoisotopic (exact) mass is 214 g/mol. The van der Waals surface area contributed by atoms with Crippen LogP contribution in [0, 0.1) is 6.92 Å². The Kier molecular flexibility index (Phi) is 2.77. The van der Waals surface area contributed by atoms with E-state index in [4.69, 9.17) is 10.5 Å². The summed E-state index contributed by atoms with van der Waals surface area (Å²) in [7, 11) is 1.63. The van der Waals surface area contributed by atoms with E-state index in [1.165, 1.54) is 5.56 Å². The van der Waals surface area contributed by atoms with Gasteiger partial charge in [0, 0.05) is 23.0 Å². The summed E-state index contributed by atoms with van der Waals surface area (Å²) in [5, 5.41) is 0. The molecule has 0 aliphatic carbocycles. The van der Waals surface area contributed by atoms with Gasteiger partial charge in [-0.05, 0) is 25.1 Å². The van der Waals surface area contributed by atoms with Crippen LogP contribution in [0.5, 0.6) is 5.75 Å². The van der Waals surface area contributed by atoms with E-state index in [0.717, 1.165) is 22.6 Å². The van der Waals surface area contributed by atoms with Crippen LogP contribution >= 0.6 is 0 Å². The highest BCUT2D eigenvalue weighted by atomic mass is 16.5. The van der Waals surface area contributed by atoms with Crippen molar-refractivity contribution in [3.8, 4) is 16.9 Å². The summed E-state index contributed by atoms with van der Waals surface area (Å²) < 4.78 is 5.14. The quantitative estimate of drug-likeness (QED) is 0.782. The zero-order valence-corrected chi connectivity index (χ0v) is 9.40. The molecule has 0 spiro atoms. The van der Waals surface area contributed by atoms with E-state index in [0.29, 0.717) is 0 Å². The molecule has 0 fully saturated rings. The molecule has 16 heavy (non-hydrogen) atoms. The third-order valence-electron chi connectivity index (χ3n) is 2.47. The van der Waals surface area contributed by atoms with Gasteiger partial charge in [0.05, 0.1) is 13.3 Å². The van der Waals surface area contributed by atoms with E-state index >= 15 is 0 Å². The zero-order chi connectivity index (χ0) is 11.5. The number of nitrogens with zero attached hydrogens (tertiary/aromatic N) is 1. The first-order valence-corrected chi connectivity index (χ1v) is 5.06. The number of benzene rings is 1. The summed E-state index contributed by atoms with van der Waals surface area (Å²) in [6.07, 6.45) is 3.46. The van der Waals surface area contributed by atoms with E-state index < -0.39 is 0 Å². The molecule has 2 rings (SSSR count). The van der Waals surface area contributed by atoms with Crippen molar-refractivity contribution in [3.05, 3.63) is 42.2 Å². The van der Waals surface area contributed by atoms with Crippen LogP contribution in [0.3, 0.4) is 0 Å². The van der Waals surface area contributed by atoms with E-state index in [1.807, 2.05) is 31.2 Å². The maximum absolute atomic E-state index is 5.94. The average molecular weight is 214 g/mol. The summed E-state index contributed by atoms with van der Waals surface area (Å²) in [6.45, 7) is 2.04. The number of methoxy groups -OCH3 is 1. The van der Waals surface area contributed by atoms with E-state index in [2.05, 4.69) is 4.98 Å². The summed E-state index contributed by atoms with van der Waals surface area (Å²) in [5.41, 5.74) is 9.83. The van der Waals surface area contributed by atoms with E-state index in [1.54, 1.807) is 19.5 Å². The van der Waals surface area contributed by atoms with Crippen molar-refractivity contribution in [2.24, 2.45) is 0 Å². The Labute approximate surface area is 94.9 Å². The lowest BCUT2D eigenvalue weighted by Crippen LogP contribution is -1.92. The molecule has 1 aromatic heterocycles. The Morgan fingerprint density at radius 3 is 2.75 bits per heavy atom. The zero-order valence-electron chi connectivity index (χ0n) is 9.40. The molecule has 3 nitrogen and oxygen atoms in total. The third-order valence-corrected chi connectivity index (χ3v) is 2.47. The summed E-state index contributed by atoms with van der Waals surface area (Å²) in [6, 6.07) is 7.88. The van der Waals surface area contributed by atoms with Gasteiger partial charge in [-0.25, -0.2) is 0 Å². The van der Waals surface area contributed by atoms with E-state index in [-0.39, 0.29) is 0 Å². The average Bonchev–Trinajstić information content (AvgIpc) is 2.32. The lowest BCUT2D eigenvalue weighted by molar-refractivity contribution is 0.413. The molecule has 0 aliphatic rings. The number of anilines is 1. The highest BCUT2D eigenvalue weighted by Crippen LogP contribution is 2.28. The fourth-order valence-corrected chi connectivity index (χ4v) is 1.60. The minimum absolute atomic E-state index is 0.735. The lowest BCUT2D eigenvalue weighted by Gasteiger charge is -2.08. The van der Waals surface area contributed by atoms with Crippen LogP contribution in [0.2, 0.25) is 0 Å². The smallest absolute Gasteiger partial charge is 0.137 e. The van der Waals surface area contributed by atoms with Crippen LogP contribution in [-0.4, -0.2) is 12.1 Å². The fraction of sp³-hybridized carbons (Fsp3) is 0.154. The molecule has 2 aromatic rings. The fourth-order valence-electron chi connectivity index (χ4n) is 1.60. The maximum Gasteiger partial charge on any atom is 0.137 e. The van der Waals surface area contributed by atoms with Gasteiger partial charge in [-0.3, -0.25) is 4.98 Å². The number of aryl methyl sites for hydroxylation is 1. The van der Waals surface area contributed by atoms with Crippen molar-refractivity contribution in [1.29, 1.82) is 0 Å². The van der Waals surface area contributed by atoms with Gasteiger partial charge in [-0.1, -0.05) is 11.6 Å². The highest BCUT2D eigenvalue weighted by molar-refractivity contribution is 5.76. The second kappa shape index (κ2) is 4.23. The van der Waals surface area contributed by atoms with Gasteiger partial charge in [0.15, 0.2) is 0 Å². The van der Waals surface area contributed by atoms with Crippen LogP contribution in [-0.2, 0) is 0 Å². The van der Waals surface area contributed by atoms with Crippen LogP contribution < -0.4 is 10.5 Å². The van der Waals surface area contributed by atoms with Gasteiger partial charge in [0.25, 0.3) is 0 Å². The molecule has 0 bridgehead atoms. The van der Waals surface area contributed by atoms with Gasteiger partial charge in [-0.15, -0.1) is 0 Å². The number of rotatable bonds is 2. The molecule has 0 unspecified atom stereocenters. The Balaban J connectivity index is 2.53. The van der Waals surface area contributed by atoms with Gasteiger partial charge >= 0.3 is 0 Å². The first-order valence-electron chi connectivity index (χ1n) is 5.06. The second-order valence-electron chi connectivity index (χ2n) is 3.70. The predicted octanol–water partition coefficient (Wildman–Crippen LogP) is 2.65. The number of hydrogen-bond donors (Lipinski definition) is 1. The van der Waals surface area contributed by atoms with Gasteiger partial charge < -0.3 is 10.5 Å².